The van der Waals surface area contributed by atoms with Crippen LogP contribution in [0, 0.1) is 0 Å². The first-order valence-electron chi connectivity index (χ1n) is 50.5. The Balaban J connectivity index is 1.32. The van der Waals surface area contributed by atoms with E-state index in [1.807, 2.05) is 104 Å². The molecule has 0 amide bonds. The summed E-state index contributed by atoms with van der Waals surface area (Å²) in [6.45, 7) is 53.5. The summed E-state index contributed by atoms with van der Waals surface area (Å²) in [5, 5.41) is -0.433. The van der Waals surface area contributed by atoms with Crippen LogP contribution in [0.2, 0.25) is 0 Å². The molecule has 1 aromatic heterocycles. The van der Waals surface area contributed by atoms with Gasteiger partial charge in [-0.15, -0.1) is 0 Å². The zero-order valence-corrected chi connectivity index (χ0v) is 70.7. The highest BCUT2D eigenvalue weighted by atomic mass is 15.2. The van der Waals surface area contributed by atoms with Crippen molar-refractivity contribution >= 4 is 79.0 Å². The number of anilines is 6. The van der Waals surface area contributed by atoms with E-state index in [2.05, 4.69) is 157 Å². The largest absolute Gasteiger partial charge is 0.310 e. The van der Waals surface area contributed by atoms with Gasteiger partial charge in [-0.2, -0.15) is 0 Å². The predicted molar refractivity (Wildman–Crippen MR) is 490 cm³/mol. The Bertz CT molecular complexity index is 7110. The quantitative estimate of drug-likeness (QED) is 0.141. The van der Waals surface area contributed by atoms with Crippen LogP contribution in [-0.2, 0) is 48.7 Å². The summed E-state index contributed by atoms with van der Waals surface area (Å²) in [5.74, 6) is 0. The van der Waals surface area contributed by atoms with Crippen molar-refractivity contribution in [3.63, 3.8) is 0 Å². The van der Waals surface area contributed by atoms with Crippen molar-refractivity contribution in [3.05, 3.63) is 286 Å². The minimum atomic E-state index is -1.24. The Kier molecular flexibility index (Phi) is 13.1. The van der Waals surface area contributed by atoms with E-state index in [0.29, 0.717) is 44.7 Å². The standard InChI is InChI=1S/C108H120BN3/c1-100(2,3)71-48-45-68(46-49-71)82-60-75(104(13,14)15)63-86(84-59-72(101(4,5)6)50-52-88(84)108(25,26)27)98(82)112-94-66-78(110-91-43-35-32-40-80(91)81-41-33-36-44-92(81)110)51-54-90(94)109-89-53-47-69(67-37-29-28-30-38-67)57-93(89)111(95-64-77(106(19,20)21)65-96(112)97(95)109)99-83(70-55-73(102(7,8)9)58-74(56-70)103(10,11)12)61-76(105(16,17)18)62-85(99)79-39-31-34-42-87(79)107(22,23)24/h28-66H,1-27H3/i28D,29D,30D,32D,33D,35D,36D,37D,38D,40D,41D,43D,44D,45D,46D,48D,49D,50D,52D,59D,60D,63D. The monoisotopic (exact) mass is 1490 g/mol. The van der Waals surface area contributed by atoms with E-state index in [0.717, 1.165) is 44.5 Å². The molecule has 0 atom stereocenters. The van der Waals surface area contributed by atoms with Crippen LogP contribution in [0.15, 0.2) is 236 Å². The second kappa shape index (κ2) is 26.9. The molecule has 15 rings (SSSR count). The molecule has 13 aromatic rings. The molecular formula is C108H120BN3. The number of rotatable bonds is 8. The maximum Gasteiger partial charge on any atom is 0.252 e. The summed E-state index contributed by atoms with van der Waals surface area (Å²) < 4.78 is 224. The molecule has 0 bridgehead atoms. The minimum Gasteiger partial charge on any atom is -0.310 e. The zero-order valence-electron chi connectivity index (χ0n) is 92.7. The van der Waals surface area contributed by atoms with Gasteiger partial charge in [0.15, 0.2) is 0 Å². The molecule has 0 N–H and O–H groups in total. The molecule has 3 nitrogen and oxygen atoms in total. The second-order valence-electron chi connectivity index (χ2n) is 40.3. The van der Waals surface area contributed by atoms with Gasteiger partial charge in [0.2, 0.25) is 0 Å². The van der Waals surface area contributed by atoms with Crippen molar-refractivity contribution in [3.8, 4) is 61.3 Å². The minimum absolute atomic E-state index is 0.00296. The van der Waals surface area contributed by atoms with Crippen molar-refractivity contribution in [2.75, 3.05) is 9.80 Å². The first-order valence-corrected chi connectivity index (χ1v) is 39.5. The molecule has 0 radical (unpaired) electrons. The van der Waals surface area contributed by atoms with E-state index >= 15 is 0 Å². The van der Waals surface area contributed by atoms with Crippen LogP contribution in [0.25, 0.3) is 83.1 Å². The average Bonchev–Trinajstić information content (AvgIpc) is 0.687. The Hall–Kier alpha value is -9.90. The van der Waals surface area contributed by atoms with Crippen LogP contribution in [0.4, 0.5) is 34.1 Å². The lowest BCUT2D eigenvalue weighted by molar-refractivity contribution is 0.569. The van der Waals surface area contributed by atoms with Crippen LogP contribution in [0.1, 0.15) is 267 Å². The smallest absolute Gasteiger partial charge is 0.252 e. The highest BCUT2D eigenvalue weighted by Crippen LogP contribution is 2.58. The Labute approximate surface area is 703 Å². The Morgan fingerprint density at radius 3 is 1.25 bits per heavy atom. The van der Waals surface area contributed by atoms with Gasteiger partial charge in [-0.05, 0) is 215 Å². The molecule has 570 valence electrons. The third kappa shape index (κ3) is 13.9. The van der Waals surface area contributed by atoms with Crippen LogP contribution < -0.4 is 26.2 Å². The van der Waals surface area contributed by atoms with Crippen molar-refractivity contribution in [2.45, 2.75) is 236 Å². The number of benzene rings is 12. The van der Waals surface area contributed by atoms with Gasteiger partial charge in [0, 0.05) is 61.5 Å². The van der Waals surface area contributed by atoms with E-state index in [4.69, 9.17) is 1.37 Å². The van der Waals surface area contributed by atoms with E-state index < -0.39 is 164 Å². The maximum absolute atomic E-state index is 11.7. The highest BCUT2D eigenvalue weighted by molar-refractivity contribution is 7.00. The summed E-state index contributed by atoms with van der Waals surface area (Å²) in [7, 11) is 0. The second-order valence-corrected chi connectivity index (χ2v) is 40.3. The number of fused-ring (bicyclic) bond motifs is 7. The molecule has 0 aliphatic carbocycles. The predicted octanol–water partition coefficient (Wildman–Crippen LogP) is 28.9. The van der Waals surface area contributed by atoms with Crippen molar-refractivity contribution in [2.24, 2.45) is 0 Å². The van der Waals surface area contributed by atoms with Gasteiger partial charge in [-0.1, -0.05) is 356 Å². The van der Waals surface area contributed by atoms with Crippen molar-refractivity contribution in [1.29, 1.82) is 0 Å². The first-order chi connectivity index (χ1) is 61.4. The fourth-order valence-electron chi connectivity index (χ4n) is 15.8. The third-order valence-corrected chi connectivity index (χ3v) is 22.3. The molecular weight excluding hydrogens is 1350 g/mol. The van der Waals surface area contributed by atoms with E-state index in [-0.39, 0.29) is 119 Å². The molecule has 0 saturated carbocycles. The SMILES string of the molecule is [2H]c1c([2H])c([2H])c(-c2ccc3c(c2)N(c2c(-c4cc(C(C)(C)C)cc(C(C)(C)C)c4)cc(C(C)(C)C)cc2-c2ccccc2C(C)(C)C)c2cc(C(C)(C)C)cc4c2B3c2ccc(-n3c5c([2H])c([2H])c([2H])c([2H])c5c5c([2H])c([2H])c([2H])c([2H])c53)cc2N4c2c(-c3c([2H])c([2H])c(C(C)(C)C)c([2H])c3[2H])c([2H])c(C(C)(C)C)c([2H])c2-c2c([2H])c(C(C)(C)C)c([2H])c([2H])c2C(C)(C)C)c([2H])c1[2H]. The van der Waals surface area contributed by atoms with Gasteiger partial charge in [0.25, 0.3) is 6.71 Å². The number of para-hydroxylation sites is 2. The fraction of sp³-hybridized carbons (Fsp3) is 0.333. The molecule has 12 aromatic carbocycles. The summed E-state index contributed by atoms with van der Waals surface area (Å²) in [6.07, 6.45) is 0. The molecule has 0 saturated heterocycles. The molecule has 0 unspecified atom stereocenters. The van der Waals surface area contributed by atoms with Crippen molar-refractivity contribution in [1.82, 2.24) is 4.57 Å². The van der Waals surface area contributed by atoms with Crippen LogP contribution in [-0.4, -0.2) is 11.3 Å². The van der Waals surface area contributed by atoms with Gasteiger partial charge in [-0.3, -0.25) is 0 Å². The van der Waals surface area contributed by atoms with Gasteiger partial charge in [0.1, 0.15) is 0 Å². The van der Waals surface area contributed by atoms with E-state index in [1.165, 1.54) is 4.57 Å². The summed E-state index contributed by atoms with van der Waals surface area (Å²) >= 11 is 0. The van der Waals surface area contributed by atoms with Crippen molar-refractivity contribution < 1.29 is 30.2 Å². The van der Waals surface area contributed by atoms with Gasteiger partial charge >= 0.3 is 0 Å². The summed E-state index contributed by atoms with van der Waals surface area (Å²) in [4.78, 5) is 4.12. The number of nitrogens with zero attached hydrogens (tertiary/aromatic N) is 3. The average molecular weight is 1490 g/mol. The zero-order chi connectivity index (χ0) is 99.6. The molecule has 0 spiro atoms. The third-order valence-electron chi connectivity index (χ3n) is 22.3. The lowest BCUT2D eigenvalue weighted by Crippen LogP contribution is -2.61. The van der Waals surface area contributed by atoms with E-state index in [1.54, 1.807) is 39.0 Å². The molecule has 3 heterocycles. The van der Waals surface area contributed by atoms with Crippen LogP contribution in [0.3, 0.4) is 0 Å². The number of hydrogen-bond donors (Lipinski definition) is 0. The Morgan fingerprint density at radius 1 is 0.268 bits per heavy atom. The fourth-order valence-corrected chi connectivity index (χ4v) is 15.8. The maximum atomic E-state index is 11.7. The van der Waals surface area contributed by atoms with Crippen LogP contribution >= 0.6 is 0 Å². The van der Waals surface area contributed by atoms with Gasteiger partial charge in [0.05, 0.1) is 52.6 Å². The summed E-state index contributed by atoms with van der Waals surface area (Å²) in [6, 6.07) is 23.7. The lowest BCUT2D eigenvalue weighted by Gasteiger charge is -2.47. The molecule has 0 fully saturated rings. The molecule has 112 heavy (non-hydrogen) atoms. The highest BCUT2D eigenvalue weighted by Gasteiger charge is 2.47. The number of aromatic nitrogens is 1. The van der Waals surface area contributed by atoms with Crippen LogP contribution in [0.5, 0.6) is 0 Å². The number of hydrogen-bond acceptors (Lipinski definition) is 2. The first kappa shape index (κ1) is 54.7. The summed E-state index contributed by atoms with van der Waals surface area (Å²) in [5.41, 5.74) is 3.52. The normalized spacial score (nSPS) is 16.5. The topological polar surface area (TPSA) is 11.4 Å². The molecule has 2 aliphatic heterocycles. The molecule has 4 heteroatoms. The van der Waals surface area contributed by atoms with Gasteiger partial charge in [-0.25, -0.2) is 0 Å². The van der Waals surface area contributed by atoms with Gasteiger partial charge < -0.3 is 14.4 Å². The lowest BCUT2D eigenvalue weighted by atomic mass is 9.33. The Morgan fingerprint density at radius 2 is 0.714 bits per heavy atom. The van der Waals surface area contributed by atoms with E-state index in [9.17, 15) is 28.8 Å². The molecule has 2 aliphatic rings.